The van der Waals surface area contributed by atoms with Gasteiger partial charge in [-0.1, -0.05) is 32.9 Å². The van der Waals surface area contributed by atoms with Crippen LogP contribution in [0.2, 0.25) is 0 Å². The number of nitrogens with two attached hydrogens (primary N) is 1. The molecule has 0 radical (unpaired) electrons. The summed E-state index contributed by atoms with van der Waals surface area (Å²) in [6.07, 6.45) is 4.64. The van der Waals surface area contributed by atoms with Crippen molar-refractivity contribution >= 4 is 29.9 Å². The van der Waals surface area contributed by atoms with Crippen molar-refractivity contribution in [2.45, 2.75) is 47.0 Å². The van der Waals surface area contributed by atoms with Gasteiger partial charge in [0.15, 0.2) is 0 Å². The summed E-state index contributed by atoms with van der Waals surface area (Å²) in [5.41, 5.74) is 11.7. The second-order valence-corrected chi connectivity index (χ2v) is 6.38. The lowest BCUT2D eigenvalue weighted by Gasteiger charge is -2.25. The summed E-state index contributed by atoms with van der Waals surface area (Å²) in [5, 5.41) is 17.6. The first-order valence-electron chi connectivity index (χ1n) is 9.47. The Bertz CT molecular complexity index is 736. The molecular weight excluding hydrogens is 352 g/mol. The van der Waals surface area contributed by atoms with Gasteiger partial charge in [0.1, 0.15) is 5.84 Å². The number of amidine groups is 1. The molecule has 6 nitrogen and oxygen atoms in total. The van der Waals surface area contributed by atoms with Gasteiger partial charge in [0, 0.05) is 35.8 Å². The Hall–Kier alpha value is -2.89. The largest absolute Gasteiger partial charge is 0.483 e. The molecule has 1 atom stereocenters. The minimum absolute atomic E-state index is 0.250. The molecule has 0 aliphatic heterocycles. The van der Waals surface area contributed by atoms with Gasteiger partial charge in [-0.2, -0.15) is 0 Å². The van der Waals surface area contributed by atoms with Crippen LogP contribution in [0.1, 0.15) is 52.5 Å². The zero-order valence-corrected chi connectivity index (χ0v) is 17.7. The fourth-order valence-corrected chi connectivity index (χ4v) is 3.08. The van der Waals surface area contributed by atoms with Crippen molar-refractivity contribution in [2.75, 3.05) is 18.1 Å². The number of rotatable bonds is 4. The Morgan fingerprint density at radius 1 is 1.43 bits per heavy atom. The monoisotopic (exact) mass is 386 g/mol. The van der Waals surface area contributed by atoms with Crippen molar-refractivity contribution in [1.29, 1.82) is 5.41 Å². The molecule has 154 valence electrons. The normalized spacial score (nSPS) is 16.0. The van der Waals surface area contributed by atoms with Crippen LogP contribution in [0.3, 0.4) is 0 Å². The molecule has 1 aliphatic carbocycles. The van der Waals surface area contributed by atoms with Gasteiger partial charge in [0.25, 0.3) is 6.47 Å². The summed E-state index contributed by atoms with van der Waals surface area (Å²) in [4.78, 5) is 12.7. The molecule has 0 heterocycles. The van der Waals surface area contributed by atoms with Gasteiger partial charge >= 0.3 is 0 Å². The van der Waals surface area contributed by atoms with Crippen LogP contribution in [0, 0.1) is 11.3 Å². The summed E-state index contributed by atoms with van der Waals surface area (Å²) in [7, 11) is 1.77. The molecule has 0 amide bonds. The van der Waals surface area contributed by atoms with Gasteiger partial charge < -0.3 is 21.6 Å². The quantitative estimate of drug-likeness (QED) is 0.249. The van der Waals surface area contributed by atoms with Gasteiger partial charge in [0.2, 0.25) is 0 Å². The molecule has 1 unspecified atom stereocenters. The van der Waals surface area contributed by atoms with Gasteiger partial charge in [-0.3, -0.25) is 9.79 Å². The Morgan fingerprint density at radius 2 is 2.04 bits per heavy atom. The lowest BCUT2D eigenvalue weighted by Crippen LogP contribution is -2.19. The highest BCUT2D eigenvalue weighted by Crippen LogP contribution is 2.33. The predicted octanol–water partition coefficient (Wildman–Crippen LogP) is 5.13. The lowest BCUT2D eigenvalue weighted by atomic mass is 9.82. The van der Waals surface area contributed by atoms with E-state index in [-0.39, 0.29) is 6.47 Å². The van der Waals surface area contributed by atoms with Crippen LogP contribution >= 0.6 is 0 Å². The number of nitrogen functional groups attached to an aromatic ring is 1. The summed E-state index contributed by atoms with van der Waals surface area (Å²) in [5.74, 6) is 1.52. The van der Waals surface area contributed by atoms with Gasteiger partial charge in [0.05, 0.1) is 0 Å². The topological polar surface area (TPSA) is 112 Å². The number of benzene rings is 1. The minimum atomic E-state index is -0.250. The summed E-state index contributed by atoms with van der Waals surface area (Å²) >= 11 is 0. The number of anilines is 2. The smallest absolute Gasteiger partial charge is 0.290 e. The number of carbonyl (C=O) groups is 1. The van der Waals surface area contributed by atoms with Gasteiger partial charge in [-0.25, -0.2) is 0 Å². The molecule has 1 aromatic rings. The molecule has 5 N–H and O–H groups in total. The van der Waals surface area contributed by atoms with Crippen molar-refractivity contribution in [2.24, 2.45) is 10.9 Å². The van der Waals surface area contributed by atoms with Crippen molar-refractivity contribution in [3.8, 4) is 0 Å². The first-order valence-corrected chi connectivity index (χ1v) is 9.47. The number of allylic oxidation sites excluding steroid dienone is 1. The fraction of sp³-hybridized carbons (Fsp3) is 0.409. The molecule has 0 bridgehead atoms. The van der Waals surface area contributed by atoms with E-state index in [0.717, 1.165) is 35.9 Å². The second-order valence-electron chi connectivity index (χ2n) is 6.38. The van der Waals surface area contributed by atoms with Crippen LogP contribution in [0.25, 0.3) is 0 Å². The van der Waals surface area contributed by atoms with E-state index in [1.165, 1.54) is 23.8 Å². The average molecular weight is 387 g/mol. The zero-order chi connectivity index (χ0) is 21.7. The van der Waals surface area contributed by atoms with E-state index in [9.17, 15) is 0 Å². The van der Waals surface area contributed by atoms with Gasteiger partial charge in [-0.05, 0) is 55.9 Å². The fourth-order valence-electron chi connectivity index (χ4n) is 3.08. The Kier molecular flexibility index (Phi) is 11.9. The van der Waals surface area contributed by atoms with Crippen molar-refractivity contribution in [1.82, 2.24) is 0 Å². The number of hydrogen-bond acceptors (Lipinski definition) is 4. The number of carboxylic acid groups (broad SMARTS) is 1. The maximum Gasteiger partial charge on any atom is 0.290 e. The standard InChI is InChI=1S/C19H26N4.C2H6.CH2O2/c1-12-5-7-17(13(2)9-12)14(3)19(22-4)23-16-6-8-18(21)15(10-16)11-20;1-2;2-1-3/h6,8,10-12,20H,3,5,7,9,21H2,1-2,4H3,(H,22,23);1-2H3;1H,(H,2,3). The second kappa shape index (κ2) is 13.3. The predicted molar refractivity (Wildman–Crippen MR) is 121 cm³/mol. The highest BCUT2D eigenvalue weighted by molar-refractivity contribution is 6.10. The molecule has 0 saturated heterocycles. The average Bonchev–Trinajstić information content (AvgIpc) is 2.69. The zero-order valence-electron chi connectivity index (χ0n) is 17.7. The third kappa shape index (κ3) is 7.39. The van der Waals surface area contributed by atoms with E-state index in [2.05, 4.69) is 30.7 Å². The number of aliphatic imine (C=N–C) groups is 1. The van der Waals surface area contributed by atoms with Crippen molar-refractivity contribution in [3.63, 3.8) is 0 Å². The Morgan fingerprint density at radius 3 is 2.54 bits per heavy atom. The number of nitrogens with one attached hydrogen (secondary N) is 2. The van der Waals surface area contributed by atoms with Crippen LogP contribution in [-0.2, 0) is 4.79 Å². The highest BCUT2D eigenvalue weighted by atomic mass is 16.3. The van der Waals surface area contributed by atoms with Crippen LogP contribution in [-0.4, -0.2) is 30.7 Å². The molecular formula is C22H34N4O2. The summed E-state index contributed by atoms with van der Waals surface area (Å²) in [6, 6.07) is 5.54. The lowest BCUT2D eigenvalue weighted by molar-refractivity contribution is -0.122. The molecule has 0 fully saturated rings. The van der Waals surface area contributed by atoms with Crippen LogP contribution in [0.4, 0.5) is 11.4 Å². The van der Waals surface area contributed by atoms with Crippen molar-refractivity contribution in [3.05, 3.63) is 47.1 Å². The van der Waals surface area contributed by atoms with E-state index in [1.807, 2.05) is 26.0 Å². The molecule has 0 aromatic heterocycles. The van der Waals surface area contributed by atoms with E-state index in [4.69, 9.17) is 21.0 Å². The summed E-state index contributed by atoms with van der Waals surface area (Å²) in [6.45, 7) is 12.5. The molecule has 0 spiro atoms. The van der Waals surface area contributed by atoms with Gasteiger partial charge in [-0.15, -0.1) is 0 Å². The minimum Gasteiger partial charge on any atom is -0.483 e. The van der Waals surface area contributed by atoms with E-state index in [1.54, 1.807) is 13.1 Å². The maximum atomic E-state index is 8.36. The van der Waals surface area contributed by atoms with Crippen LogP contribution in [0.5, 0.6) is 0 Å². The molecule has 6 heteroatoms. The molecule has 1 aliphatic rings. The van der Waals surface area contributed by atoms with E-state index in [0.29, 0.717) is 11.3 Å². The molecule has 2 rings (SSSR count). The highest BCUT2D eigenvalue weighted by Gasteiger charge is 2.19. The van der Waals surface area contributed by atoms with E-state index >= 15 is 0 Å². The molecule has 0 saturated carbocycles. The molecule has 28 heavy (non-hydrogen) atoms. The maximum absolute atomic E-state index is 8.36. The van der Waals surface area contributed by atoms with Crippen LogP contribution < -0.4 is 11.1 Å². The third-order valence-corrected chi connectivity index (χ3v) is 4.44. The Balaban J connectivity index is 0.00000133. The number of nitrogens with zero attached hydrogens (tertiary/aromatic N) is 1. The Labute approximate surface area is 168 Å². The molecule has 1 aromatic carbocycles. The SMILES string of the molecule is C=C(C(=NC)Nc1ccc(N)c(C=N)c1)C1=C(C)CC(C)CC1.CC.O=CO. The summed E-state index contributed by atoms with van der Waals surface area (Å²) < 4.78 is 0. The van der Waals surface area contributed by atoms with Crippen LogP contribution in [0.15, 0.2) is 46.5 Å². The van der Waals surface area contributed by atoms with E-state index < -0.39 is 0 Å². The third-order valence-electron chi connectivity index (χ3n) is 4.44. The first kappa shape index (κ1) is 25.1. The van der Waals surface area contributed by atoms with Crippen molar-refractivity contribution < 1.29 is 9.90 Å². The number of hydrogen-bond donors (Lipinski definition) is 4. The first-order chi connectivity index (χ1) is 13.4.